The molecule has 5 nitrogen and oxygen atoms in total. The molecule has 0 unspecified atom stereocenters. The van der Waals surface area contributed by atoms with Crippen molar-refractivity contribution in [2.24, 2.45) is 0 Å². The van der Waals surface area contributed by atoms with Gasteiger partial charge >= 0.3 is 0 Å². The number of para-hydroxylation sites is 1. The van der Waals surface area contributed by atoms with Crippen LogP contribution >= 0.6 is 0 Å². The third-order valence-electron chi connectivity index (χ3n) is 4.66. The molecule has 3 aromatic heterocycles. The van der Waals surface area contributed by atoms with Crippen molar-refractivity contribution in [3.8, 4) is 11.1 Å². The van der Waals surface area contributed by atoms with Gasteiger partial charge in [-0.3, -0.25) is 0 Å². The van der Waals surface area contributed by atoms with Crippen LogP contribution < -0.4 is 5.32 Å². The normalized spacial score (nSPS) is 11.3. The fourth-order valence-electron chi connectivity index (χ4n) is 3.34. The molecule has 0 aliphatic carbocycles. The predicted molar refractivity (Wildman–Crippen MR) is 106 cm³/mol. The second-order valence-electron chi connectivity index (χ2n) is 6.39. The molecule has 0 aliphatic heterocycles. The maximum Gasteiger partial charge on any atom is 0.143 e. The molecule has 0 amide bonds. The van der Waals surface area contributed by atoms with Gasteiger partial charge < -0.3 is 15.3 Å². The van der Waals surface area contributed by atoms with E-state index in [4.69, 9.17) is 0 Å². The minimum Gasteiger partial charge on any atom is -0.361 e. The second kappa shape index (κ2) is 5.74. The van der Waals surface area contributed by atoms with E-state index in [0.717, 1.165) is 39.2 Å². The number of aromatic amines is 2. The Labute approximate surface area is 150 Å². The molecule has 0 atom stereocenters. The monoisotopic (exact) mass is 339 g/mol. The summed E-state index contributed by atoms with van der Waals surface area (Å²) in [6.07, 6.45) is 5.61. The average Bonchev–Trinajstić information content (AvgIpc) is 3.28. The molecule has 2 aromatic carbocycles. The van der Waals surface area contributed by atoms with Gasteiger partial charge in [-0.05, 0) is 25.1 Å². The van der Waals surface area contributed by atoms with Gasteiger partial charge in [-0.1, -0.05) is 35.9 Å². The number of aryl methyl sites for hydroxylation is 1. The molecule has 5 rings (SSSR count). The van der Waals surface area contributed by atoms with Gasteiger partial charge in [0.05, 0.1) is 5.39 Å². The molecule has 5 heteroatoms. The largest absolute Gasteiger partial charge is 0.361 e. The number of aromatic nitrogens is 4. The summed E-state index contributed by atoms with van der Waals surface area (Å²) in [6, 6.07) is 16.6. The summed E-state index contributed by atoms with van der Waals surface area (Å²) in [7, 11) is 0. The van der Waals surface area contributed by atoms with Gasteiger partial charge in [0.2, 0.25) is 0 Å². The highest BCUT2D eigenvalue weighted by atomic mass is 15.0. The van der Waals surface area contributed by atoms with E-state index in [1.807, 2.05) is 18.5 Å². The van der Waals surface area contributed by atoms with Crippen molar-refractivity contribution in [1.82, 2.24) is 19.9 Å². The molecule has 0 radical (unpaired) electrons. The fraction of sp³-hybridized carbons (Fsp3) is 0.0476. The Kier molecular flexibility index (Phi) is 3.25. The molecule has 0 saturated carbocycles. The summed E-state index contributed by atoms with van der Waals surface area (Å²) in [4.78, 5) is 15.5. The smallest absolute Gasteiger partial charge is 0.143 e. The molecule has 0 fully saturated rings. The first-order chi connectivity index (χ1) is 12.8. The van der Waals surface area contributed by atoms with E-state index in [0.29, 0.717) is 0 Å². The van der Waals surface area contributed by atoms with Crippen LogP contribution in [0, 0.1) is 6.92 Å². The van der Waals surface area contributed by atoms with Crippen LogP contribution in [0.4, 0.5) is 11.5 Å². The molecule has 0 aliphatic rings. The number of H-pyrrole nitrogens is 2. The zero-order chi connectivity index (χ0) is 17.5. The van der Waals surface area contributed by atoms with Crippen molar-refractivity contribution >= 4 is 33.4 Å². The van der Waals surface area contributed by atoms with E-state index in [-0.39, 0.29) is 0 Å². The Hall–Kier alpha value is -3.60. The second-order valence-corrected chi connectivity index (χ2v) is 6.39. The highest BCUT2D eigenvalue weighted by molar-refractivity contribution is 6.08. The lowest BCUT2D eigenvalue weighted by Gasteiger charge is -2.08. The lowest BCUT2D eigenvalue weighted by Crippen LogP contribution is -1.95. The van der Waals surface area contributed by atoms with Crippen LogP contribution in [0.5, 0.6) is 0 Å². The molecule has 3 N–H and O–H groups in total. The van der Waals surface area contributed by atoms with Crippen molar-refractivity contribution in [3.63, 3.8) is 0 Å². The number of hydrogen-bond acceptors (Lipinski definition) is 3. The minimum atomic E-state index is 0.792. The average molecular weight is 339 g/mol. The predicted octanol–water partition coefficient (Wildman–Crippen LogP) is 5.16. The van der Waals surface area contributed by atoms with Gasteiger partial charge in [-0.25, -0.2) is 9.97 Å². The first kappa shape index (κ1) is 14.7. The SMILES string of the molecule is Cc1ccc(Nc2ncnc3[nH]cc(-c4c[nH]c5ccccc45)c23)cc1. The summed E-state index contributed by atoms with van der Waals surface area (Å²) in [5, 5.41) is 5.59. The zero-order valence-electron chi connectivity index (χ0n) is 14.2. The van der Waals surface area contributed by atoms with Crippen molar-refractivity contribution in [1.29, 1.82) is 0 Å². The molecular formula is C21H17N5. The first-order valence-corrected chi connectivity index (χ1v) is 8.52. The van der Waals surface area contributed by atoms with Crippen LogP contribution in [0.3, 0.4) is 0 Å². The Morgan fingerprint density at radius 1 is 0.846 bits per heavy atom. The summed E-state index contributed by atoms with van der Waals surface area (Å²) >= 11 is 0. The quantitative estimate of drug-likeness (QED) is 0.425. The van der Waals surface area contributed by atoms with Gasteiger partial charge in [-0.2, -0.15) is 0 Å². The zero-order valence-corrected chi connectivity index (χ0v) is 14.2. The van der Waals surface area contributed by atoms with E-state index in [1.165, 1.54) is 10.9 Å². The third kappa shape index (κ3) is 2.33. The Morgan fingerprint density at radius 2 is 1.65 bits per heavy atom. The van der Waals surface area contributed by atoms with Gasteiger partial charge in [0, 0.05) is 40.1 Å². The highest BCUT2D eigenvalue weighted by Crippen LogP contribution is 2.36. The van der Waals surface area contributed by atoms with Crippen molar-refractivity contribution in [3.05, 3.63) is 72.8 Å². The highest BCUT2D eigenvalue weighted by Gasteiger charge is 2.15. The van der Waals surface area contributed by atoms with Crippen LogP contribution in [-0.2, 0) is 0 Å². The molecule has 0 spiro atoms. The van der Waals surface area contributed by atoms with Gasteiger partial charge in [0.15, 0.2) is 0 Å². The lowest BCUT2D eigenvalue weighted by atomic mass is 10.1. The van der Waals surface area contributed by atoms with Crippen molar-refractivity contribution in [2.45, 2.75) is 6.92 Å². The van der Waals surface area contributed by atoms with Gasteiger partial charge in [0.1, 0.15) is 17.8 Å². The molecule has 3 heterocycles. The molecule has 126 valence electrons. The Morgan fingerprint density at radius 3 is 2.54 bits per heavy atom. The molecular weight excluding hydrogens is 322 g/mol. The Bertz CT molecular complexity index is 1210. The number of hydrogen-bond donors (Lipinski definition) is 3. The van der Waals surface area contributed by atoms with E-state index in [2.05, 4.69) is 74.6 Å². The summed E-state index contributed by atoms with van der Waals surface area (Å²) in [5.41, 5.74) is 6.36. The summed E-state index contributed by atoms with van der Waals surface area (Å²) < 4.78 is 0. The maximum absolute atomic E-state index is 4.49. The lowest BCUT2D eigenvalue weighted by molar-refractivity contribution is 1.20. The van der Waals surface area contributed by atoms with E-state index in [1.54, 1.807) is 6.33 Å². The molecule has 26 heavy (non-hydrogen) atoms. The summed E-state index contributed by atoms with van der Waals surface area (Å²) in [6.45, 7) is 2.08. The van der Waals surface area contributed by atoms with Crippen LogP contribution in [0.2, 0.25) is 0 Å². The first-order valence-electron chi connectivity index (χ1n) is 8.52. The number of anilines is 2. The van der Waals surface area contributed by atoms with Crippen molar-refractivity contribution < 1.29 is 0 Å². The van der Waals surface area contributed by atoms with Crippen LogP contribution in [0.25, 0.3) is 33.1 Å². The van der Waals surface area contributed by atoms with E-state index < -0.39 is 0 Å². The van der Waals surface area contributed by atoms with Crippen molar-refractivity contribution in [2.75, 3.05) is 5.32 Å². The molecule has 5 aromatic rings. The van der Waals surface area contributed by atoms with Crippen LogP contribution in [0.1, 0.15) is 5.56 Å². The van der Waals surface area contributed by atoms with E-state index >= 15 is 0 Å². The third-order valence-corrected chi connectivity index (χ3v) is 4.66. The van der Waals surface area contributed by atoms with Gasteiger partial charge in [0.25, 0.3) is 0 Å². The van der Waals surface area contributed by atoms with Crippen LogP contribution in [0.15, 0.2) is 67.3 Å². The van der Waals surface area contributed by atoms with Gasteiger partial charge in [-0.15, -0.1) is 0 Å². The Balaban J connectivity index is 1.69. The van der Waals surface area contributed by atoms with Crippen LogP contribution in [-0.4, -0.2) is 19.9 Å². The fourth-order valence-corrected chi connectivity index (χ4v) is 3.34. The standard InChI is InChI=1S/C21H17N5/c1-13-6-8-14(9-7-13)26-21-19-17(11-23-20(19)24-12-25-21)16-10-22-18-5-3-2-4-15(16)18/h2-12,22H,1H3,(H2,23,24,25,26). The minimum absolute atomic E-state index is 0.792. The van der Waals surface area contributed by atoms with E-state index in [9.17, 15) is 0 Å². The topological polar surface area (TPSA) is 69.4 Å². The molecule has 0 saturated heterocycles. The number of nitrogens with zero attached hydrogens (tertiary/aromatic N) is 2. The number of nitrogens with one attached hydrogen (secondary N) is 3. The molecule has 0 bridgehead atoms. The number of fused-ring (bicyclic) bond motifs is 2. The maximum atomic E-state index is 4.49. The number of benzene rings is 2. The summed E-state index contributed by atoms with van der Waals surface area (Å²) in [5.74, 6) is 0.792. The number of rotatable bonds is 3.